The molecule has 1 heterocycles. The minimum absolute atomic E-state index is 0.0688. The van der Waals surface area contributed by atoms with Crippen LogP contribution in [0.5, 0.6) is 0 Å². The molecule has 0 radical (unpaired) electrons. The first-order valence-corrected chi connectivity index (χ1v) is 7.42. The third-order valence-corrected chi connectivity index (χ3v) is 5.13. The zero-order valence-electron chi connectivity index (χ0n) is 10.0. The highest BCUT2D eigenvalue weighted by Crippen LogP contribution is 2.32. The van der Waals surface area contributed by atoms with Crippen molar-refractivity contribution < 1.29 is 4.79 Å². The second-order valence-corrected chi connectivity index (χ2v) is 7.05. The maximum absolute atomic E-state index is 12.0. The fourth-order valence-corrected chi connectivity index (χ4v) is 2.67. The maximum atomic E-state index is 12.0. The van der Waals surface area contributed by atoms with Gasteiger partial charge in [-0.3, -0.25) is 4.79 Å². The van der Waals surface area contributed by atoms with Crippen LogP contribution in [0, 0.1) is 0 Å². The predicted molar refractivity (Wildman–Crippen MR) is 77.9 cm³/mol. The van der Waals surface area contributed by atoms with Crippen LogP contribution in [-0.4, -0.2) is 21.2 Å². The van der Waals surface area contributed by atoms with Crippen molar-refractivity contribution >= 4 is 53.7 Å². The van der Waals surface area contributed by atoms with Gasteiger partial charge in [-0.25, -0.2) is 4.68 Å². The molecule has 0 aliphatic rings. The molecule has 1 unspecified atom stereocenters. The average molecular weight is 432 g/mol. The molecule has 0 bridgehead atoms. The summed E-state index contributed by atoms with van der Waals surface area (Å²) < 4.78 is 3.82. The minimum Gasteiger partial charge on any atom is -0.350 e. The van der Waals surface area contributed by atoms with E-state index < -0.39 is 0 Å². The van der Waals surface area contributed by atoms with Crippen LogP contribution in [-0.2, 0) is 4.79 Å². The Bertz CT molecular complexity index is 437. The quantitative estimate of drug-likeness (QED) is 0.777. The van der Waals surface area contributed by atoms with E-state index in [1.54, 1.807) is 11.6 Å². The lowest BCUT2D eigenvalue weighted by Crippen LogP contribution is -2.44. The van der Waals surface area contributed by atoms with Gasteiger partial charge in [-0.15, -0.1) is 0 Å². The normalized spacial score (nSPS) is 13.6. The Morgan fingerprint density at radius 3 is 2.24 bits per heavy atom. The van der Waals surface area contributed by atoms with Gasteiger partial charge in [-0.2, -0.15) is 5.10 Å². The maximum Gasteiger partial charge on any atom is 0.245 e. The van der Waals surface area contributed by atoms with Crippen molar-refractivity contribution in [1.82, 2.24) is 15.1 Å². The number of aromatic nitrogens is 2. The van der Waals surface area contributed by atoms with Crippen LogP contribution >= 0.6 is 47.8 Å². The Labute approximate surface area is 126 Å². The van der Waals surface area contributed by atoms with Gasteiger partial charge in [-0.1, -0.05) is 0 Å². The Balaban J connectivity index is 2.93. The molecule has 1 N–H and O–H groups in total. The van der Waals surface area contributed by atoms with Crippen molar-refractivity contribution in [2.75, 3.05) is 0 Å². The summed E-state index contributed by atoms with van der Waals surface area (Å²) in [4.78, 5) is 12.0. The lowest BCUT2D eigenvalue weighted by Gasteiger charge is -2.23. The smallest absolute Gasteiger partial charge is 0.245 e. The molecule has 0 fully saturated rings. The molecule has 0 aliphatic heterocycles. The van der Waals surface area contributed by atoms with Gasteiger partial charge in [0.15, 0.2) is 0 Å². The van der Waals surface area contributed by atoms with Gasteiger partial charge in [0, 0.05) is 5.54 Å². The number of carbonyl (C=O) groups is 1. The van der Waals surface area contributed by atoms with Gasteiger partial charge in [-0.05, 0) is 75.5 Å². The third kappa shape index (κ3) is 3.79. The minimum atomic E-state index is -0.383. The van der Waals surface area contributed by atoms with Crippen LogP contribution in [0.15, 0.2) is 13.7 Å². The van der Waals surface area contributed by atoms with Gasteiger partial charge >= 0.3 is 0 Å². The molecular formula is C10H14Br3N3O. The zero-order chi connectivity index (χ0) is 13.4. The second kappa shape index (κ2) is 5.40. The molecule has 1 atom stereocenters. The molecule has 7 heteroatoms. The Kier molecular flexibility index (Phi) is 4.82. The van der Waals surface area contributed by atoms with Gasteiger partial charge in [0.05, 0.1) is 4.47 Å². The lowest BCUT2D eigenvalue weighted by molar-refractivity contribution is -0.125. The predicted octanol–water partition coefficient (Wildman–Crippen LogP) is 3.65. The number of carbonyl (C=O) groups excluding carboxylic acids is 1. The van der Waals surface area contributed by atoms with E-state index in [1.807, 2.05) is 20.8 Å². The molecule has 4 nitrogen and oxygen atoms in total. The summed E-state index contributed by atoms with van der Waals surface area (Å²) in [6.07, 6.45) is 0. The number of hydrogen-bond acceptors (Lipinski definition) is 2. The van der Waals surface area contributed by atoms with Crippen LogP contribution in [0.4, 0.5) is 0 Å². The second-order valence-electron chi connectivity index (χ2n) is 4.76. The highest BCUT2D eigenvalue weighted by molar-refractivity contribution is 9.14. The lowest BCUT2D eigenvalue weighted by atomic mass is 10.1. The summed E-state index contributed by atoms with van der Waals surface area (Å²) in [6, 6.07) is -0.383. The van der Waals surface area contributed by atoms with Crippen molar-refractivity contribution in [2.45, 2.75) is 39.3 Å². The zero-order valence-corrected chi connectivity index (χ0v) is 14.8. The van der Waals surface area contributed by atoms with E-state index in [2.05, 4.69) is 58.2 Å². The number of halogens is 3. The largest absolute Gasteiger partial charge is 0.350 e. The monoisotopic (exact) mass is 429 g/mol. The first-order valence-electron chi connectivity index (χ1n) is 5.04. The number of hydrogen-bond donors (Lipinski definition) is 1. The summed E-state index contributed by atoms with van der Waals surface area (Å²) in [5.74, 6) is -0.0688. The number of nitrogens with one attached hydrogen (secondary N) is 1. The van der Waals surface area contributed by atoms with E-state index in [4.69, 9.17) is 0 Å². The standard InChI is InChI=1S/C10H14Br3N3O/c1-5(9(17)14-10(2,3)4)16-8(13)6(11)7(12)15-16/h5H,1-4H3,(H,14,17). The van der Waals surface area contributed by atoms with Crippen LogP contribution in [0.25, 0.3) is 0 Å². The van der Waals surface area contributed by atoms with Crippen LogP contribution in [0.2, 0.25) is 0 Å². The Morgan fingerprint density at radius 2 is 1.88 bits per heavy atom. The number of nitrogens with zero attached hydrogens (tertiary/aromatic N) is 2. The van der Waals surface area contributed by atoms with Crippen LogP contribution in [0.1, 0.15) is 33.7 Å². The van der Waals surface area contributed by atoms with Crippen molar-refractivity contribution in [3.05, 3.63) is 13.7 Å². The van der Waals surface area contributed by atoms with Crippen LogP contribution < -0.4 is 5.32 Å². The Morgan fingerprint density at radius 1 is 1.35 bits per heavy atom. The molecule has 96 valence electrons. The van der Waals surface area contributed by atoms with Crippen LogP contribution in [0.3, 0.4) is 0 Å². The SMILES string of the molecule is CC(C(=O)NC(C)(C)C)n1nc(Br)c(Br)c1Br. The summed E-state index contributed by atoms with van der Waals surface area (Å²) in [6.45, 7) is 7.64. The molecule has 1 amide bonds. The fourth-order valence-electron chi connectivity index (χ4n) is 1.21. The van der Waals surface area contributed by atoms with Crippen molar-refractivity contribution in [2.24, 2.45) is 0 Å². The first-order chi connectivity index (χ1) is 7.63. The van der Waals surface area contributed by atoms with E-state index in [1.165, 1.54) is 0 Å². The molecule has 1 aromatic heterocycles. The number of rotatable bonds is 2. The molecule has 17 heavy (non-hydrogen) atoms. The average Bonchev–Trinajstić information content (AvgIpc) is 2.42. The van der Waals surface area contributed by atoms with Crippen molar-refractivity contribution in [1.29, 1.82) is 0 Å². The summed E-state index contributed by atoms with van der Waals surface area (Å²) >= 11 is 10.1. The molecule has 0 aromatic carbocycles. The molecule has 0 saturated carbocycles. The van der Waals surface area contributed by atoms with E-state index >= 15 is 0 Å². The highest BCUT2D eigenvalue weighted by Gasteiger charge is 2.24. The van der Waals surface area contributed by atoms with Crippen molar-refractivity contribution in [3.8, 4) is 0 Å². The molecule has 0 aliphatic carbocycles. The van der Waals surface area contributed by atoms with Gasteiger partial charge in [0.25, 0.3) is 0 Å². The van der Waals surface area contributed by atoms with E-state index in [0.29, 0.717) is 4.60 Å². The molecule has 1 rings (SSSR count). The van der Waals surface area contributed by atoms with E-state index in [-0.39, 0.29) is 17.5 Å². The molecule has 1 aromatic rings. The van der Waals surface area contributed by atoms with E-state index in [9.17, 15) is 4.79 Å². The summed E-state index contributed by atoms with van der Waals surface area (Å²) in [5.41, 5.74) is -0.251. The van der Waals surface area contributed by atoms with Gasteiger partial charge < -0.3 is 5.32 Å². The van der Waals surface area contributed by atoms with Crippen molar-refractivity contribution in [3.63, 3.8) is 0 Å². The fraction of sp³-hybridized carbons (Fsp3) is 0.600. The van der Waals surface area contributed by atoms with Gasteiger partial charge in [0.1, 0.15) is 15.2 Å². The summed E-state index contributed by atoms with van der Waals surface area (Å²) in [5, 5.41) is 7.16. The highest BCUT2D eigenvalue weighted by atomic mass is 79.9. The van der Waals surface area contributed by atoms with E-state index in [0.717, 1.165) is 9.08 Å². The molecule has 0 saturated heterocycles. The molecular weight excluding hydrogens is 418 g/mol. The Hall–Kier alpha value is 0.120. The van der Waals surface area contributed by atoms with Gasteiger partial charge in [0.2, 0.25) is 5.91 Å². The topological polar surface area (TPSA) is 46.9 Å². The molecule has 0 spiro atoms. The third-order valence-electron chi connectivity index (χ3n) is 2.00. The first kappa shape index (κ1) is 15.2. The number of amides is 1. The summed E-state index contributed by atoms with van der Waals surface area (Å²) in [7, 11) is 0.